The Morgan fingerprint density at radius 3 is 2.52 bits per heavy atom. The maximum Gasteiger partial charge on any atom is 0.123 e. The van der Waals surface area contributed by atoms with Gasteiger partial charge in [0.2, 0.25) is 0 Å². The van der Waals surface area contributed by atoms with Crippen LogP contribution in [0.1, 0.15) is 18.5 Å². The number of hydrogen-bond donors (Lipinski definition) is 2. The monoisotopic (exact) mass is 319 g/mol. The van der Waals surface area contributed by atoms with Crippen LogP contribution in [0.25, 0.3) is 0 Å². The summed E-state index contributed by atoms with van der Waals surface area (Å²) in [5.74, 6) is 0.426. The summed E-state index contributed by atoms with van der Waals surface area (Å²) in [6, 6.07) is 12.8. The number of benzene rings is 2. The van der Waals surface area contributed by atoms with Crippen molar-refractivity contribution in [3.8, 4) is 11.5 Å². The van der Waals surface area contributed by atoms with Crippen molar-refractivity contribution in [3.63, 3.8) is 0 Å². The Morgan fingerprint density at radius 2 is 1.87 bits per heavy atom. The molecule has 0 aliphatic rings. The summed E-state index contributed by atoms with van der Waals surface area (Å²) in [6.45, 7) is 2.54. The lowest BCUT2D eigenvalue weighted by molar-refractivity contribution is 0.0653. The molecule has 2 rings (SSSR count). The second-order valence-electron chi connectivity index (χ2n) is 5.63. The van der Waals surface area contributed by atoms with E-state index in [2.05, 4.69) is 0 Å². The number of phenolic OH excluding ortho intramolecular Hbond substituents is 1. The zero-order valence-corrected chi connectivity index (χ0v) is 13.3. The average Bonchev–Trinajstić information content (AvgIpc) is 2.53. The highest BCUT2D eigenvalue weighted by molar-refractivity contribution is 5.29. The number of phenols is 1. The van der Waals surface area contributed by atoms with Crippen molar-refractivity contribution >= 4 is 0 Å². The maximum absolute atomic E-state index is 12.8. The van der Waals surface area contributed by atoms with Crippen LogP contribution in [0.15, 0.2) is 48.5 Å². The van der Waals surface area contributed by atoms with Gasteiger partial charge in [-0.1, -0.05) is 12.1 Å². The largest absolute Gasteiger partial charge is 0.508 e. The van der Waals surface area contributed by atoms with Gasteiger partial charge in [0, 0.05) is 12.6 Å². The fraction of sp³-hybridized carbons (Fsp3) is 0.333. The third-order valence-corrected chi connectivity index (χ3v) is 3.77. The molecule has 0 bridgehead atoms. The Balaban J connectivity index is 1.84. The first kappa shape index (κ1) is 17.2. The number of rotatable bonds is 7. The summed E-state index contributed by atoms with van der Waals surface area (Å²) >= 11 is 0. The van der Waals surface area contributed by atoms with Crippen LogP contribution in [-0.2, 0) is 0 Å². The van der Waals surface area contributed by atoms with Crippen molar-refractivity contribution in [3.05, 3.63) is 59.9 Å². The molecule has 2 atom stereocenters. The van der Waals surface area contributed by atoms with Crippen molar-refractivity contribution < 1.29 is 19.3 Å². The van der Waals surface area contributed by atoms with E-state index in [1.807, 2.05) is 24.9 Å². The van der Waals surface area contributed by atoms with Gasteiger partial charge in [0.1, 0.15) is 30.0 Å². The average molecular weight is 319 g/mol. The lowest BCUT2D eigenvalue weighted by Crippen LogP contribution is -2.34. The first-order chi connectivity index (χ1) is 11.0. The van der Waals surface area contributed by atoms with E-state index in [-0.39, 0.29) is 24.2 Å². The highest BCUT2D eigenvalue weighted by Crippen LogP contribution is 2.22. The van der Waals surface area contributed by atoms with Gasteiger partial charge in [-0.15, -0.1) is 0 Å². The lowest BCUT2D eigenvalue weighted by Gasteiger charge is -2.27. The van der Waals surface area contributed by atoms with Crippen molar-refractivity contribution in [2.24, 2.45) is 0 Å². The smallest absolute Gasteiger partial charge is 0.123 e. The van der Waals surface area contributed by atoms with E-state index in [0.717, 1.165) is 5.56 Å². The van der Waals surface area contributed by atoms with E-state index in [9.17, 15) is 14.6 Å². The number of aliphatic hydroxyl groups is 1. The van der Waals surface area contributed by atoms with E-state index < -0.39 is 6.10 Å². The second kappa shape index (κ2) is 7.94. The molecule has 2 N–H and O–H groups in total. The first-order valence-electron chi connectivity index (χ1n) is 7.51. The summed E-state index contributed by atoms with van der Waals surface area (Å²) < 4.78 is 18.3. The molecule has 0 spiro atoms. The molecular formula is C18H22FNO3. The molecule has 0 radical (unpaired) electrons. The summed E-state index contributed by atoms with van der Waals surface area (Å²) in [7, 11) is 1.90. The van der Waals surface area contributed by atoms with Crippen molar-refractivity contribution in [1.29, 1.82) is 0 Å². The Bertz CT molecular complexity index is 618. The molecule has 2 aromatic carbocycles. The highest BCUT2D eigenvalue weighted by atomic mass is 19.1. The molecule has 0 saturated carbocycles. The maximum atomic E-state index is 12.8. The summed E-state index contributed by atoms with van der Waals surface area (Å²) in [4.78, 5) is 1.98. The van der Waals surface area contributed by atoms with E-state index >= 15 is 0 Å². The number of nitrogens with zero attached hydrogens (tertiary/aromatic N) is 1. The quantitative estimate of drug-likeness (QED) is 0.824. The number of aromatic hydroxyl groups is 1. The lowest BCUT2D eigenvalue weighted by atomic mass is 10.1. The SMILES string of the molecule is CC(c1cccc(O)c1)N(C)CC(O)COc1ccc(F)cc1. The molecule has 4 nitrogen and oxygen atoms in total. The minimum atomic E-state index is -0.676. The van der Waals surface area contributed by atoms with Crippen molar-refractivity contribution in [2.45, 2.75) is 19.1 Å². The van der Waals surface area contributed by atoms with Gasteiger partial charge in [0.15, 0.2) is 0 Å². The normalized spacial score (nSPS) is 13.8. The van der Waals surface area contributed by atoms with Gasteiger partial charge >= 0.3 is 0 Å². The standard InChI is InChI=1S/C18H22FNO3/c1-13(14-4-3-5-16(21)10-14)20(2)11-17(22)12-23-18-8-6-15(19)7-9-18/h3-10,13,17,21-22H,11-12H2,1-2H3. The zero-order chi connectivity index (χ0) is 16.8. The molecule has 0 aliphatic heterocycles. The van der Waals surface area contributed by atoms with E-state index in [1.54, 1.807) is 18.2 Å². The number of ether oxygens (including phenoxy) is 1. The molecule has 23 heavy (non-hydrogen) atoms. The predicted octanol–water partition coefficient (Wildman–Crippen LogP) is 2.96. The van der Waals surface area contributed by atoms with Crippen LogP contribution in [0.3, 0.4) is 0 Å². The summed E-state index contributed by atoms with van der Waals surface area (Å²) in [5.41, 5.74) is 0.971. The Morgan fingerprint density at radius 1 is 1.17 bits per heavy atom. The topological polar surface area (TPSA) is 52.9 Å². The Hall–Kier alpha value is -2.11. The van der Waals surface area contributed by atoms with Crippen molar-refractivity contribution in [1.82, 2.24) is 4.90 Å². The molecule has 0 fully saturated rings. The van der Waals surface area contributed by atoms with Gasteiger partial charge < -0.3 is 14.9 Å². The third kappa shape index (κ3) is 5.23. The molecule has 0 saturated heterocycles. The fourth-order valence-electron chi connectivity index (χ4n) is 2.31. The predicted molar refractivity (Wildman–Crippen MR) is 87.1 cm³/mol. The van der Waals surface area contributed by atoms with Crippen LogP contribution in [-0.4, -0.2) is 41.4 Å². The third-order valence-electron chi connectivity index (χ3n) is 3.77. The molecule has 2 unspecified atom stereocenters. The number of likely N-dealkylation sites (N-methyl/N-ethyl adjacent to an activating group) is 1. The fourth-order valence-corrected chi connectivity index (χ4v) is 2.31. The van der Waals surface area contributed by atoms with Crippen LogP contribution < -0.4 is 4.74 Å². The number of hydrogen-bond acceptors (Lipinski definition) is 4. The van der Waals surface area contributed by atoms with Crippen LogP contribution in [0.5, 0.6) is 11.5 Å². The Labute approximate surface area is 135 Å². The Kier molecular flexibility index (Phi) is 5.96. The van der Waals surface area contributed by atoms with E-state index in [0.29, 0.717) is 12.3 Å². The van der Waals surface area contributed by atoms with Gasteiger partial charge in [0.05, 0.1) is 0 Å². The van der Waals surface area contributed by atoms with Gasteiger partial charge in [-0.25, -0.2) is 4.39 Å². The van der Waals surface area contributed by atoms with Crippen LogP contribution >= 0.6 is 0 Å². The minimum Gasteiger partial charge on any atom is -0.508 e. The first-order valence-corrected chi connectivity index (χ1v) is 7.51. The molecule has 124 valence electrons. The van der Waals surface area contributed by atoms with Crippen molar-refractivity contribution in [2.75, 3.05) is 20.2 Å². The van der Waals surface area contributed by atoms with Gasteiger partial charge in [-0.05, 0) is 55.9 Å². The molecule has 0 heterocycles. The number of aliphatic hydroxyl groups excluding tert-OH is 1. The zero-order valence-electron chi connectivity index (χ0n) is 13.3. The van der Waals surface area contributed by atoms with E-state index in [4.69, 9.17) is 4.74 Å². The second-order valence-corrected chi connectivity index (χ2v) is 5.63. The molecule has 0 amide bonds. The van der Waals surface area contributed by atoms with Gasteiger partial charge in [0.25, 0.3) is 0 Å². The van der Waals surface area contributed by atoms with Gasteiger partial charge in [-0.2, -0.15) is 0 Å². The minimum absolute atomic E-state index is 0.0440. The summed E-state index contributed by atoms with van der Waals surface area (Å²) in [6.07, 6.45) is -0.676. The number of halogens is 1. The van der Waals surface area contributed by atoms with E-state index in [1.165, 1.54) is 24.3 Å². The molecular weight excluding hydrogens is 297 g/mol. The van der Waals surface area contributed by atoms with Crippen LogP contribution in [0, 0.1) is 5.82 Å². The summed E-state index contributed by atoms with van der Waals surface area (Å²) in [5, 5.41) is 19.6. The molecule has 0 aliphatic carbocycles. The van der Waals surface area contributed by atoms with Gasteiger partial charge in [-0.3, -0.25) is 4.90 Å². The molecule has 5 heteroatoms. The van der Waals surface area contributed by atoms with Crippen LogP contribution in [0.4, 0.5) is 4.39 Å². The highest BCUT2D eigenvalue weighted by Gasteiger charge is 2.16. The molecule has 2 aromatic rings. The van der Waals surface area contributed by atoms with Crippen LogP contribution in [0.2, 0.25) is 0 Å². The molecule has 0 aromatic heterocycles.